The van der Waals surface area contributed by atoms with Gasteiger partial charge in [-0.05, 0) is 24.1 Å². The van der Waals surface area contributed by atoms with Gasteiger partial charge in [0.2, 0.25) is 0 Å². The fraction of sp³-hybridized carbons (Fsp3) is 0.235. The van der Waals surface area contributed by atoms with E-state index >= 15 is 0 Å². The number of ether oxygens (including phenoxy) is 2. The largest absolute Gasteiger partial charge is 0.494 e. The first-order chi connectivity index (χ1) is 11.6. The standard InChI is InChI=1S/C17H18N2O5/c20-17(24-13-14-5-2-1-3-6-14)18-11-4-12-23-16-9-7-15(8-10-16)19(21)22/h1-3,5-10H,4,11-13H2,(H,18,20). The maximum atomic E-state index is 11.5. The van der Waals surface area contributed by atoms with Gasteiger partial charge >= 0.3 is 6.09 Å². The van der Waals surface area contributed by atoms with Gasteiger partial charge in [-0.1, -0.05) is 30.3 Å². The summed E-state index contributed by atoms with van der Waals surface area (Å²) in [6.45, 7) is 1.03. The monoisotopic (exact) mass is 330 g/mol. The van der Waals surface area contributed by atoms with E-state index < -0.39 is 11.0 Å². The number of benzene rings is 2. The first-order valence-electron chi connectivity index (χ1n) is 7.47. The Morgan fingerprint density at radius 1 is 1.08 bits per heavy atom. The maximum Gasteiger partial charge on any atom is 0.407 e. The molecule has 0 bridgehead atoms. The molecule has 0 saturated carbocycles. The van der Waals surface area contributed by atoms with E-state index in [9.17, 15) is 14.9 Å². The summed E-state index contributed by atoms with van der Waals surface area (Å²) < 4.78 is 10.5. The lowest BCUT2D eigenvalue weighted by atomic mass is 10.2. The summed E-state index contributed by atoms with van der Waals surface area (Å²) in [5.41, 5.74) is 0.944. The maximum absolute atomic E-state index is 11.5. The summed E-state index contributed by atoms with van der Waals surface area (Å²) in [5.74, 6) is 0.548. The van der Waals surface area contributed by atoms with Crippen molar-refractivity contribution >= 4 is 11.8 Å². The molecule has 0 fully saturated rings. The zero-order valence-electron chi connectivity index (χ0n) is 13.0. The SMILES string of the molecule is O=C(NCCCOc1ccc([N+](=O)[O-])cc1)OCc1ccccc1. The third kappa shape index (κ3) is 5.96. The van der Waals surface area contributed by atoms with Crippen molar-refractivity contribution in [1.29, 1.82) is 0 Å². The van der Waals surface area contributed by atoms with Crippen LogP contribution in [0, 0.1) is 10.1 Å². The Kier molecular flexibility index (Phi) is 6.58. The summed E-state index contributed by atoms with van der Waals surface area (Å²) in [7, 11) is 0. The average Bonchev–Trinajstić information content (AvgIpc) is 2.61. The molecule has 7 heteroatoms. The van der Waals surface area contributed by atoms with Crippen molar-refractivity contribution in [2.75, 3.05) is 13.2 Å². The van der Waals surface area contributed by atoms with Gasteiger partial charge in [-0.15, -0.1) is 0 Å². The molecular formula is C17H18N2O5. The van der Waals surface area contributed by atoms with Crippen LogP contribution in [0.3, 0.4) is 0 Å². The fourth-order valence-corrected chi connectivity index (χ4v) is 1.89. The molecule has 126 valence electrons. The number of nitrogens with zero attached hydrogens (tertiary/aromatic N) is 1. The Hall–Kier alpha value is -3.09. The predicted octanol–water partition coefficient (Wildman–Crippen LogP) is 3.29. The zero-order valence-corrected chi connectivity index (χ0v) is 13.0. The molecule has 0 aliphatic carbocycles. The van der Waals surface area contributed by atoms with E-state index in [2.05, 4.69) is 5.32 Å². The van der Waals surface area contributed by atoms with Gasteiger partial charge in [0, 0.05) is 18.7 Å². The minimum atomic E-state index is -0.478. The number of non-ortho nitro benzene ring substituents is 1. The van der Waals surface area contributed by atoms with Crippen LogP contribution in [-0.2, 0) is 11.3 Å². The molecule has 2 rings (SSSR count). The van der Waals surface area contributed by atoms with Crippen molar-refractivity contribution in [1.82, 2.24) is 5.32 Å². The van der Waals surface area contributed by atoms with Gasteiger partial charge in [-0.25, -0.2) is 4.79 Å². The van der Waals surface area contributed by atoms with Gasteiger partial charge in [0.25, 0.3) is 5.69 Å². The lowest BCUT2D eigenvalue weighted by Crippen LogP contribution is -2.26. The van der Waals surface area contributed by atoms with E-state index in [-0.39, 0.29) is 12.3 Å². The Morgan fingerprint density at radius 2 is 1.79 bits per heavy atom. The highest BCUT2D eigenvalue weighted by molar-refractivity contribution is 5.67. The van der Waals surface area contributed by atoms with Crippen LogP contribution in [0.4, 0.5) is 10.5 Å². The van der Waals surface area contributed by atoms with Crippen LogP contribution in [-0.4, -0.2) is 24.2 Å². The van der Waals surface area contributed by atoms with Crippen LogP contribution in [0.1, 0.15) is 12.0 Å². The van der Waals surface area contributed by atoms with Crippen LogP contribution in [0.25, 0.3) is 0 Å². The van der Waals surface area contributed by atoms with Gasteiger partial charge in [0.15, 0.2) is 0 Å². The molecule has 0 atom stereocenters. The van der Waals surface area contributed by atoms with Gasteiger partial charge in [0.1, 0.15) is 12.4 Å². The summed E-state index contributed by atoms with van der Waals surface area (Å²) in [6.07, 6.45) is 0.117. The first-order valence-corrected chi connectivity index (χ1v) is 7.47. The molecule has 7 nitrogen and oxygen atoms in total. The number of nitro benzene ring substituents is 1. The normalized spacial score (nSPS) is 10.0. The van der Waals surface area contributed by atoms with Crippen molar-refractivity contribution in [2.45, 2.75) is 13.0 Å². The first kappa shape index (κ1) is 17.3. The third-order valence-electron chi connectivity index (χ3n) is 3.12. The van der Waals surface area contributed by atoms with Crippen molar-refractivity contribution in [3.8, 4) is 5.75 Å². The number of carbonyl (C=O) groups excluding carboxylic acids is 1. The average molecular weight is 330 g/mol. The van der Waals surface area contributed by atoms with E-state index in [4.69, 9.17) is 9.47 Å². The van der Waals surface area contributed by atoms with Crippen molar-refractivity contribution in [2.24, 2.45) is 0 Å². The van der Waals surface area contributed by atoms with E-state index in [0.29, 0.717) is 25.3 Å². The van der Waals surface area contributed by atoms with Gasteiger partial charge in [-0.3, -0.25) is 10.1 Å². The molecule has 2 aromatic carbocycles. The second kappa shape index (κ2) is 9.14. The van der Waals surface area contributed by atoms with Gasteiger partial charge in [-0.2, -0.15) is 0 Å². The molecule has 1 N–H and O–H groups in total. The predicted molar refractivity (Wildman–Crippen MR) is 87.8 cm³/mol. The summed E-state index contributed by atoms with van der Waals surface area (Å²) in [4.78, 5) is 21.6. The summed E-state index contributed by atoms with van der Waals surface area (Å²) in [5, 5.41) is 13.2. The topological polar surface area (TPSA) is 90.7 Å². The number of hydrogen-bond acceptors (Lipinski definition) is 5. The number of hydrogen-bond donors (Lipinski definition) is 1. The third-order valence-corrected chi connectivity index (χ3v) is 3.12. The number of amides is 1. The van der Waals surface area contributed by atoms with Crippen molar-refractivity contribution in [3.63, 3.8) is 0 Å². The summed E-state index contributed by atoms with van der Waals surface area (Å²) >= 11 is 0. The molecule has 24 heavy (non-hydrogen) atoms. The van der Waals surface area contributed by atoms with Crippen LogP contribution in [0.15, 0.2) is 54.6 Å². The second-order valence-electron chi connectivity index (χ2n) is 4.94. The Morgan fingerprint density at radius 3 is 2.46 bits per heavy atom. The highest BCUT2D eigenvalue weighted by atomic mass is 16.6. The summed E-state index contributed by atoms with van der Waals surface area (Å²) in [6, 6.07) is 15.3. The van der Waals surface area contributed by atoms with E-state index in [1.54, 1.807) is 12.1 Å². The minimum absolute atomic E-state index is 0.0187. The lowest BCUT2D eigenvalue weighted by Gasteiger charge is -2.08. The van der Waals surface area contributed by atoms with Gasteiger partial charge in [0.05, 0.1) is 11.5 Å². The highest BCUT2D eigenvalue weighted by Gasteiger charge is 2.05. The molecule has 1 amide bonds. The zero-order chi connectivity index (χ0) is 17.2. The quantitative estimate of drug-likeness (QED) is 0.455. The molecular weight excluding hydrogens is 312 g/mol. The molecule has 0 heterocycles. The Balaban J connectivity index is 1.57. The molecule has 0 aliphatic heterocycles. The van der Waals surface area contributed by atoms with Crippen LogP contribution >= 0.6 is 0 Å². The fourth-order valence-electron chi connectivity index (χ4n) is 1.89. The number of carbonyl (C=O) groups is 1. The van der Waals surface area contributed by atoms with Crippen molar-refractivity contribution in [3.05, 3.63) is 70.3 Å². The molecule has 0 spiro atoms. The van der Waals surface area contributed by atoms with Gasteiger partial charge < -0.3 is 14.8 Å². The van der Waals surface area contributed by atoms with E-state index in [1.165, 1.54) is 12.1 Å². The van der Waals surface area contributed by atoms with E-state index in [0.717, 1.165) is 5.56 Å². The molecule has 2 aromatic rings. The smallest absolute Gasteiger partial charge is 0.407 e. The number of nitrogens with one attached hydrogen (secondary N) is 1. The molecule has 0 aliphatic rings. The molecule has 0 radical (unpaired) electrons. The number of nitro groups is 1. The second-order valence-corrected chi connectivity index (χ2v) is 4.94. The Labute approximate surface area is 139 Å². The Bertz CT molecular complexity index is 658. The highest BCUT2D eigenvalue weighted by Crippen LogP contribution is 2.17. The van der Waals surface area contributed by atoms with Crippen LogP contribution < -0.4 is 10.1 Å². The molecule has 0 aromatic heterocycles. The van der Waals surface area contributed by atoms with Crippen molar-refractivity contribution < 1.29 is 19.2 Å². The lowest BCUT2D eigenvalue weighted by molar-refractivity contribution is -0.384. The van der Waals surface area contributed by atoms with Crippen LogP contribution in [0.2, 0.25) is 0 Å². The molecule has 0 unspecified atom stereocenters. The molecule has 0 saturated heterocycles. The van der Waals surface area contributed by atoms with Crippen LogP contribution in [0.5, 0.6) is 5.75 Å². The minimum Gasteiger partial charge on any atom is -0.494 e. The van der Waals surface area contributed by atoms with E-state index in [1.807, 2.05) is 30.3 Å². The number of rotatable bonds is 8. The number of alkyl carbamates (subject to hydrolysis) is 1.